The zero-order chi connectivity index (χ0) is 33.5. The predicted molar refractivity (Wildman–Crippen MR) is 165 cm³/mol. The highest BCUT2D eigenvalue weighted by molar-refractivity contribution is 5.92. The van der Waals surface area contributed by atoms with E-state index in [0.717, 1.165) is 17.0 Å². The first-order valence-corrected chi connectivity index (χ1v) is 14.2. The summed E-state index contributed by atoms with van der Waals surface area (Å²) in [5, 5.41) is 11.9. The van der Waals surface area contributed by atoms with Gasteiger partial charge in [0.15, 0.2) is 0 Å². The average Bonchev–Trinajstić information content (AvgIpc) is 3.32. The minimum absolute atomic E-state index is 0.0768. The molecular weight excluding hydrogens is 605 g/mol. The highest BCUT2D eigenvalue weighted by Crippen LogP contribution is 2.22. The van der Waals surface area contributed by atoms with Gasteiger partial charge in [-0.2, -0.15) is 0 Å². The van der Waals surface area contributed by atoms with Crippen LogP contribution in [-0.4, -0.2) is 74.6 Å². The van der Waals surface area contributed by atoms with E-state index in [1.807, 2.05) is 0 Å². The molecule has 0 saturated heterocycles. The molecule has 4 rings (SSSR count). The molecule has 3 amide bonds. The summed E-state index contributed by atoms with van der Waals surface area (Å²) in [6.07, 6.45) is 3.68. The van der Waals surface area contributed by atoms with Crippen molar-refractivity contribution in [1.82, 2.24) is 23.9 Å². The summed E-state index contributed by atoms with van der Waals surface area (Å²) in [4.78, 5) is 56.9. The summed E-state index contributed by atoms with van der Waals surface area (Å²) in [5.41, 5.74) is 0.201. The van der Waals surface area contributed by atoms with Gasteiger partial charge in [0.25, 0.3) is 5.56 Å². The second-order valence-electron chi connectivity index (χ2n) is 10.9. The normalized spacial score (nSPS) is 12.0. The third-order valence-electron chi connectivity index (χ3n) is 7.30. The first kappa shape index (κ1) is 33.5. The molecule has 0 spiro atoms. The van der Waals surface area contributed by atoms with E-state index in [9.17, 15) is 37.5 Å². The SMILES string of the molecule is CN(C)C(=O)/C=C/CC[C@@H](CN(C)C(=O)O)C(=O)Nc1cccn(Cc2nc3cc(F)ccc3n2Cc2ccc(F)cc2F)c1=O. The molecular formula is C32H33F3N6O5. The maximum Gasteiger partial charge on any atom is 0.407 e. The van der Waals surface area contributed by atoms with Crippen molar-refractivity contribution in [3.8, 4) is 0 Å². The Labute approximate surface area is 262 Å². The molecule has 0 saturated carbocycles. The van der Waals surface area contributed by atoms with Gasteiger partial charge in [-0.1, -0.05) is 12.1 Å². The van der Waals surface area contributed by atoms with E-state index in [-0.39, 0.29) is 54.6 Å². The standard InChI is InChI=1S/C32H33F3N6O5/c1-38(2)29(42)9-5-4-7-21(17-39(3)32(45)46)30(43)37-25-8-6-14-40(31(25)44)19-28-36-26-16-23(34)12-13-27(26)41(28)18-20-10-11-22(33)15-24(20)35/h5-6,8-16,21H,4,7,17-19H2,1-3H3,(H,37,43)(H,45,46)/b9-5+/t21-/m0/s1. The molecule has 1 atom stereocenters. The first-order valence-electron chi connectivity index (χ1n) is 14.2. The van der Waals surface area contributed by atoms with Crippen LogP contribution >= 0.6 is 0 Å². The number of carboxylic acid groups (broad SMARTS) is 1. The Hall–Kier alpha value is -5.40. The Bertz CT molecular complexity index is 1850. The Morgan fingerprint density at radius 3 is 2.43 bits per heavy atom. The first-order chi connectivity index (χ1) is 21.8. The molecule has 14 heteroatoms. The van der Waals surface area contributed by atoms with Gasteiger partial charge in [0, 0.05) is 51.6 Å². The lowest BCUT2D eigenvalue weighted by Gasteiger charge is -2.21. The number of rotatable bonds is 12. The van der Waals surface area contributed by atoms with Crippen molar-refractivity contribution < 1.29 is 32.7 Å². The molecule has 0 aliphatic rings. The van der Waals surface area contributed by atoms with Gasteiger partial charge < -0.3 is 29.4 Å². The second kappa shape index (κ2) is 14.6. The fraction of sp³-hybridized carbons (Fsp3) is 0.281. The molecule has 0 radical (unpaired) electrons. The number of allylic oxidation sites excluding steroid dienone is 1. The summed E-state index contributed by atoms with van der Waals surface area (Å²) in [7, 11) is 4.51. The highest BCUT2D eigenvalue weighted by atomic mass is 19.1. The molecule has 0 bridgehead atoms. The molecule has 2 aromatic heterocycles. The predicted octanol–water partition coefficient (Wildman–Crippen LogP) is 4.30. The maximum absolute atomic E-state index is 14.6. The van der Waals surface area contributed by atoms with Gasteiger partial charge in [-0.05, 0) is 49.2 Å². The Morgan fingerprint density at radius 1 is 1.02 bits per heavy atom. The van der Waals surface area contributed by atoms with Crippen LogP contribution in [0.2, 0.25) is 0 Å². The number of hydrogen-bond acceptors (Lipinski definition) is 5. The number of carbonyl (C=O) groups is 3. The largest absolute Gasteiger partial charge is 0.465 e. The van der Waals surface area contributed by atoms with E-state index in [2.05, 4.69) is 10.3 Å². The summed E-state index contributed by atoms with van der Waals surface area (Å²) in [6, 6.07) is 9.99. The summed E-state index contributed by atoms with van der Waals surface area (Å²) in [5.74, 6) is -3.47. The molecule has 46 heavy (non-hydrogen) atoms. The number of amides is 3. The fourth-order valence-electron chi connectivity index (χ4n) is 4.76. The molecule has 0 unspecified atom stereocenters. The van der Waals surface area contributed by atoms with Crippen LogP contribution in [0.3, 0.4) is 0 Å². The Balaban J connectivity index is 1.60. The van der Waals surface area contributed by atoms with E-state index < -0.39 is 40.9 Å². The number of carbonyl (C=O) groups excluding carboxylic acids is 2. The minimum atomic E-state index is -1.23. The van der Waals surface area contributed by atoms with Gasteiger partial charge in [0.1, 0.15) is 29.0 Å². The number of nitrogens with one attached hydrogen (secondary N) is 1. The topological polar surface area (TPSA) is 130 Å². The molecule has 0 aliphatic heterocycles. The van der Waals surface area contributed by atoms with E-state index in [1.54, 1.807) is 24.7 Å². The molecule has 0 fully saturated rings. The van der Waals surface area contributed by atoms with Crippen LogP contribution < -0.4 is 10.9 Å². The van der Waals surface area contributed by atoms with Crippen molar-refractivity contribution >= 4 is 34.6 Å². The molecule has 2 aromatic carbocycles. The van der Waals surface area contributed by atoms with Crippen LogP contribution in [0, 0.1) is 23.4 Å². The van der Waals surface area contributed by atoms with Crippen molar-refractivity contribution in [3.05, 3.63) is 106 Å². The lowest BCUT2D eigenvalue weighted by atomic mass is 10.0. The van der Waals surface area contributed by atoms with Crippen molar-refractivity contribution in [3.63, 3.8) is 0 Å². The number of benzene rings is 2. The van der Waals surface area contributed by atoms with Gasteiger partial charge in [0.05, 0.1) is 30.0 Å². The van der Waals surface area contributed by atoms with Crippen molar-refractivity contribution in [2.45, 2.75) is 25.9 Å². The highest BCUT2D eigenvalue weighted by Gasteiger charge is 2.23. The summed E-state index contributed by atoms with van der Waals surface area (Å²) in [6.45, 7) is -0.377. The number of imidazole rings is 1. The Morgan fingerprint density at radius 2 is 1.74 bits per heavy atom. The lowest BCUT2D eigenvalue weighted by molar-refractivity contribution is -0.123. The van der Waals surface area contributed by atoms with Crippen LogP contribution in [0.1, 0.15) is 24.2 Å². The summed E-state index contributed by atoms with van der Waals surface area (Å²) < 4.78 is 45.0. The van der Waals surface area contributed by atoms with E-state index in [1.165, 1.54) is 65.2 Å². The quantitative estimate of drug-likeness (QED) is 0.223. The second-order valence-corrected chi connectivity index (χ2v) is 10.9. The smallest absolute Gasteiger partial charge is 0.407 e. The molecule has 11 nitrogen and oxygen atoms in total. The van der Waals surface area contributed by atoms with E-state index in [0.29, 0.717) is 11.9 Å². The molecule has 2 N–H and O–H groups in total. The maximum atomic E-state index is 14.6. The minimum Gasteiger partial charge on any atom is -0.465 e. The van der Waals surface area contributed by atoms with Gasteiger partial charge in [-0.25, -0.2) is 22.9 Å². The number of aromatic nitrogens is 3. The van der Waals surface area contributed by atoms with Crippen LogP contribution in [0.15, 0.2) is 71.7 Å². The van der Waals surface area contributed by atoms with Gasteiger partial charge >= 0.3 is 6.09 Å². The zero-order valence-electron chi connectivity index (χ0n) is 25.4. The van der Waals surface area contributed by atoms with Crippen LogP contribution in [0.25, 0.3) is 11.0 Å². The summed E-state index contributed by atoms with van der Waals surface area (Å²) >= 11 is 0. The van der Waals surface area contributed by atoms with Gasteiger partial charge in [-0.3, -0.25) is 14.4 Å². The number of hydrogen-bond donors (Lipinski definition) is 2. The number of likely N-dealkylation sites (N-methyl/N-ethyl adjacent to an activating group) is 1. The number of fused-ring (bicyclic) bond motifs is 1. The third-order valence-corrected chi connectivity index (χ3v) is 7.30. The van der Waals surface area contributed by atoms with Crippen LogP contribution in [0.5, 0.6) is 0 Å². The number of pyridine rings is 1. The average molecular weight is 639 g/mol. The Kier molecular flexibility index (Phi) is 10.6. The van der Waals surface area contributed by atoms with E-state index >= 15 is 0 Å². The molecule has 242 valence electrons. The van der Waals surface area contributed by atoms with Crippen molar-refractivity contribution in [2.24, 2.45) is 5.92 Å². The van der Waals surface area contributed by atoms with E-state index in [4.69, 9.17) is 0 Å². The van der Waals surface area contributed by atoms with Gasteiger partial charge in [-0.15, -0.1) is 0 Å². The molecule has 0 aliphatic carbocycles. The van der Waals surface area contributed by atoms with Crippen molar-refractivity contribution in [2.75, 3.05) is 33.0 Å². The third kappa shape index (κ3) is 8.20. The monoisotopic (exact) mass is 638 g/mol. The van der Waals surface area contributed by atoms with Crippen LogP contribution in [-0.2, 0) is 22.7 Å². The number of halogens is 3. The fourth-order valence-corrected chi connectivity index (χ4v) is 4.76. The lowest BCUT2D eigenvalue weighted by Crippen LogP contribution is -2.37. The number of anilines is 1. The molecule has 4 aromatic rings. The molecule has 2 heterocycles. The van der Waals surface area contributed by atoms with Crippen LogP contribution in [0.4, 0.5) is 23.7 Å². The number of nitrogens with zero attached hydrogens (tertiary/aromatic N) is 5. The zero-order valence-corrected chi connectivity index (χ0v) is 25.4. The van der Waals surface area contributed by atoms with Gasteiger partial charge in [0.2, 0.25) is 11.8 Å². The van der Waals surface area contributed by atoms with Crippen molar-refractivity contribution in [1.29, 1.82) is 0 Å².